The molecule has 2 atom stereocenters. The first-order valence-electron chi connectivity index (χ1n) is 7.36. The zero-order valence-electron chi connectivity index (χ0n) is 13.2. The lowest BCUT2D eigenvalue weighted by Crippen LogP contribution is -2.34. The Morgan fingerprint density at radius 3 is 2.68 bits per heavy atom. The van der Waals surface area contributed by atoms with Crippen molar-refractivity contribution in [2.45, 2.75) is 25.8 Å². The number of nitrogens with zero attached hydrogens (tertiary/aromatic N) is 1. The van der Waals surface area contributed by atoms with Gasteiger partial charge in [-0.3, -0.25) is 4.79 Å². The van der Waals surface area contributed by atoms with E-state index >= 15 is 0 Å². The third kappa shape index (κ3) is 5.34. The van der Waals surface area contributed by atoms with Crippen LogP contribution in [0.2, 0.25) is 0 Å². The summed E-state index contributed by atoms with van der Waals surface area (Å²) in [5, 5.41) is 3.06. The lowest BCUT2D eigenvalue weighted by molar-refractivity contribution is -0.126. The fourth-order valence-electron chi connectivity index (χ4n) is 2.93. The van der Waals surface area contributed by atoms with E-state index in [-0.39, 0.29) is 36.6 Å². The third-order valence-electron chi connectivity index (χ3n) is 4.19. The van der Waals surface area contributed by atoms with E-state index in [0.717, 1.165) is 30.5 Å². The summed E-state index contributed by atoms with van der Waals surface area (Å²) < 4.78 is 0. The Kier molecular flexibility index (Phi) is 9.49. The van der Waals surface area contributed by atoms with Crippen LogP contribution < -0.4 is 16.0 Å². The van der Waals surface area contributed by atoms with Crippen molar-refractivity contribution < 1.29 is 4.79 Å². The van der Waals surface area contributed by atoms with Gasteiger partial charge < -0.3 is 16.0 Å². The Balaban J connectivity index is 0.00000220. The minimum atomic E-state index is 0. The topological polar surface area (TPSA) is 58.4 Å². The molecule has 126 valence electrons. The van der Waals surface area contributed by atoms with Crippen molar-refractivity contribution in [3.63, 3.8) is 0 Å². The second-order valence-corrected chi connectivity index (χ2v) is 5.82. The Morgan fingerprint density at radius 1 is 1.32 bits per heavy atom. The van der Waals surface area contributed by atoms with Gasteiger partial charge in [0, 0.05) is 32.2 Å². The molecule has 0 aromatic heterocycles. The number of nitrogens with two attached hydrogens (primary N) is 1. The molecule has 1 fully saturated rings. The van der Waals surface area contributed by atoms with Crippen molar-refractivity contribution >= 4 is 36.4 Å². The van der Waals surface area contributed by atoms with Gasteiger partial charge in [-0.1, -0.05) is 18.6 Å². The van der Waals surface area contributed by atoms with Crippen molar-refractivity contribution in [2.75, 3.05) is 25.5 Å². The van der Waals surface area contributed by atoms with Gasteiger partial charge >= 0.3 is 0 Å². The summed E-state index contributed by atoms with van der Waals surface area (Å²) in [7, 11) is 4.03. The van der Waals surface area contributed by atoms with Crippen LogP contribution in [0.3, 0.4) is 0 Å². The largest absolute Gasteiger partial charge is 0.378 e. The number of halogens is 2. The molecule has 0 saturated heterocycles. The van der Waals surface area contributed by atoms with E-state index in [0.29, 0.717) is 19.0 Å². The van der Waals surface area contributed by atoms with E-state index in [1.54, 1.807) is 0 Å². The fraction of sp³-hybridized carbons (Fsp3) is 0.562. The van der Waals surface area contributed by atoms with Crippen LogP contribution in [0, 0.1) is 11.8 Å². The molecule has 2 rings (SSSR count). The van der Waals surface area contributed by atoms with Crippen LogP contribution in [0.1, 0.15) is 24.8 Å². The van der Waals surface area contributed by atoms with Crippen molar-refractivity contribution in [1.29, 1.82) is 0 Å². The first-order valence-corrected chi connectivity index (χ1v) is 7.36. The molecular weight excluding hydrogens is 321 g/mol. The van der Waals surface area contributed by atoms with Crippen LogP contribution in [0.4, 0.5) is 5.69 Å². The summed E-state index contributed by atoms with van der Waals surface area (Å²) >= 11 is 0. The molecule has 1 aliphatic carbocycles. The molecule has 1 amide bonds. The van der Waals surface area contributed by atoms with Crippen LogP contribution in [0.25, 0.3) is 0 Å². The maximum Gasteiger partial charge on any atom is 0.223 e. The van der Waals surface area contributed by atoms with Crippen LogP contribution in [0.5, 0.6) is 0 Å². The van der Waals surface area contributed by atoms with Crippen LogP contribution in [-0.2, 0) is 11.3 Å². The Bertz CT molecular complexity index is 468. The SMILES string of the molecule is CN(C)c1cccc(CNC(=O)[C@@H]2CCC[C@@H]2CN)c1.Cl.Cl. The lowest BCUT2D eigenvalue weighted by Gasteiger charge is -2.18. The molecule has 0 radical (unpaired) electrons. The van der Waals surface area contributed by atoms with Crippen molar-refractivity contribution in [2.24, 2.45) is 17.6 Å². The smallest absolute Gasteiger partial charge is 0.223 e. The highest BCUT2D eigenvalue weighted by Gasteiger charge is 2.31. The van der Waals surface area contributed by atoms with Gasteiger partial charge in [0.15, 0.2) is 0 Å². The predicted molar refractivity (Wildman–Crippen MR) is 97.0 cm³/mol. The second kappa shape index (κ2) is 9.93. The van der Waals surface area contributed by atoms with E-state index in [9.17, 15) is 4.79 Å². The van der Waals surface area contributed by atoms with Crippen molar-refractivity contribution in [3.05, 3.63) is 29.8 Å². The van der Waals surface area contributed by atoms with Gasteiger partial charge in [0.05, 0.1) is 0 Å². The minimum absolute atomic E-state index is 0. The summed E-state index contributed by atoms with van der Waals surface area (Å²) in [4.78, 5) is 14.3. The molecule has 1 aromatic rings. The fourth-order valence-corrected chi connectivity index (χ4v) is 2.93. The number of rotatable bonds is 5. The molecule has 1 saturated carbocycles. The summed E-state index contributed by atoms with van der Waals surface area (Å²) in [5.41, 5.74) is 8.02. The van der Waals surface area contributed by atoms with E-state index in [1.807, 2.05) is 26.2 Å². The molecule has 0 aliphatic heterocycles. The van der Waals surface area contributed by atoms with E-state index in [4.69, 9.17) is 5.73 Å². The van der Waals surface area contributed by atoms with Crippen LogP contribution in [-0.4, -0.2) is 26.5 Å². The number of hydrogen-bond donors (Lipinski definition) is 2. The molecule has 6 heteroatoms. The minimum Gasteiger partial charge on any atom is -0.378 e. The Morgan fingerprint density at radius 2 is 2.05 bits per heavy atom. The standard InChI is InChI=1S/C16H25N3O.2ClH/c1-19(2)14-7-3-5-12(9-14)11-18-16(20)15-8-4-6-13(15)10-17;;/h3,5,7,9,13,15H,4,6,8,10-11,17H2,1-2H3,(H,18,20);2*1H/t13-,15-;;/m1../s1. The maximum absolute atomic E-state index is 12.2. The molecule has 22 heavy (non-hydrogen) atoms. The second-order valence-electron chi connectivity index (χ2n) is 5.82. The highest BCUT2D eigenvalue weighted by molar-refractivity contribution is 5.85. The number of hydrogen-bond acceptors (Lipinski definition) is 3. The van der Waals surface area contributed by atoms with Gasteiger partial charge in [0.1, 0.15) is 0 Å². The van der Waals surface area contributed by atoms with Gasteiger partial charge in [-0.15, -0.1) is 24.8 Å². The summed E-state index contributed by atoms with van der Waals surface area (Å²) in [5.74, 6) is 0.633. The van der Waals surface area contributed by atoms with Gasteiger partial charge in [-0.05, 0) is 43.0 Å². The molecule has 1 aliphatic rings. The predicted octanol–water partition coefficient (Wildman–Crippen LogP) is 2.59. The monoisotopic (exact) mass is 347 g/mol. The van der Waals surface area contributed by atoms with Crippen LogP contribution in [0.15, 0.2) is 24.3 Å². The molecular formula is C16H27Cl2N3O. The zero-order chi connectivity index (χ0) is 14.5. The molecule has 0 bridgehead atoms. The quantitative estimate of drug-likeness (QED) is 0.860. The van der Waals surface area contributed by atoms with Gasteiger partial charge in [0.2, 0.25) is 5.91 Å². The molecule has 3 N–H and O–H groups in total. The lowest BCUT2D eigenvalue weighted by atomic mass is 9.95. The van der Waals surface area contributed by atoms with E-state index < -0.39 is 0 Å². The van der Waals surface area contributed by atoms with Gasteiger partial charge in [-0.2, -0.15) is 0 Å². The number of carbonyl (C=O) groups is 1. The summed E-state index contributed by atoms with van der Waals surface area (Å²) in [6.07, 6.45) is 3.19. The van der Waals surface area contributed by atoms with Gasteiger partial charge in [0.25, 0.3) is 0 Å². The average molecular weight is 348 g/mol. The summed E-state index contributed by atoms with van der Waals surface area (Å²) in [6.45, 7) is 1.21. The highest BCUT2D eigenvalue weighted by atomic mass is 35.5. The highest BCUT2D eigenvalue weighted by Crippen LogP contribution is 2.31. The maximum atomic E-state index is 12.2. The summed E-state index contributed by atoms with van der Waals surface area (Å²) in [6, 6.07) is 8.24. The van der Waals surface area contributed by atoms with Crippen molar-refractivity contribution in [3.8, 4) is 0 Å². The Labute approximate surface area is 145 Å². The van der Waals surface area contributed by atoms with E-state index in [1.165, 1.54) is 0 Å². The normalized spacial score (nSPS) is 19.8. The Hall–Kier alpha value is -0.970. The first kappa shape index (κ1) is 21.0. The molecule has 4 nitrogen and oxygen atoms in total. The number of anilines is 1. The molecule has 0 heterocycles. The zero-order valence-corrected chi connectivity index (χ0v) is 14.9. The third-order valence-corrected chi connectivity index (χ3v) is 4.19. The first-order chi connectivity index (χ1) is 9.61. The van der Waals surface area contributed by atoms with Crippen LogP contribution >= 0.6 is 24.8 Å². The number of nitrogens with one attached hydrogen (secondary N) is 1. The molecule has 0 unspecified atom stereocenters. The van der Waals surface area contributed by atoms with Gasteiger partial charge in [-0.25, -0.2) is 0 Å². The average Bonchev–Trinajstić information content (AvgIpc) is 2.93. The van der Waals surface area contributed by atoms with Crippen molar-refractivity contribution in [1.82, 2.24) is 5.32 Å². The number of benzene rings is 1. The van der Waals surface area contributed by atoms with E-state index in [2.05, 4.69) is 22.3 Å². The number of amides is 1. The molecule has 1 aromatic carbocycles. The number of carbonyl (C=O) groups excluding carboxylic acids is 1. The molecule has 0 spiro atoms.